The number of anilines is 1. The minimum Gasteiger partial charge on any atom is -0.390 e. The molecule has 2 aromatic rings. The Bertz CT molecular complexity index is 1010. The van der Waals surface area contributed by atoms with Crippen LogP contribution in [0.25, 0.3) is 0 Å². The molecule has 3 unspecified atom stereocenters. The third-order valence-electron chi connectivity index (χ3n) is 7.26. The van der Waals surface area contributed by atoms with Gasteiger partial charge in [-0.3, -0.25) is 9.78 Å². The number of primary amides is 1. The second-order valence-corrected chi connectivity index (χ2v) is 9.44. The summed E-state index contributed by atoms with van der Waals surface area (Å²) in [5.41, 5.74) is 8.82. The molecule has 1 heterocycles. The van der Waals surface area contributed by atoms with Gasteiger partial charge in [0, 0.05) is 24.4 Å². The van der Waals surface area contributed by atoms with Gasteiger partial charge in [0.25, 0.3) is 5.91 Å². The normalized spacial score (nSPS) is 31.3. The van der Waals surface area contributed by atoms with Crippen molar-refractivity contribution in [2.45, 2.75) is 50.2 Å². The number of carbonyl (C=O) groups excluding carboxylic acids is 1. The van der Waals surface area contributed by atoms with Gasteiger partial charge in [-0.05, 0) is 73.6 Å². The molecule has 6 nitrogen and oxygen atoms in total. The first-order chi connectivity index (χ1) is 14.4. The molecule has 6 rings (SSSR count). The number of benzene rings is 1. The summed E-state index contributed by atoms with van der Waals surface area (Å²) in [6.45, 7) is 0. The average Bonchev–Trinajstić information content (AvgIpc) is 2.70. The number of nitrogens with one attached hydrogen (secondary N) is 1. The van der Waals surface area contributed by atoms with Gasteiger partial charge in [0.2, 0.25) is 0 Å². The maximum absolute atomic E-state index is 12.0. The topological polar surface area (TPSA) is 112 Å². The molecule has 4 aliphatic carbocycles. The van der Waals surface area contributed by atoms with Crippen molar-refractivity contribution in [1.29, 1.82) is 5.26 Å². The van der Waals surface area contributed by atoms with Crippen LogP contribution in [0.5, 0.6) is 0 Å². The molecule has 4 bridgehead atoms. The summed E-state index contributed by atoms with van der Waals surface area (Å²) in [4.78, 5) is 16.5. The van der Waals surface area contributed by atoms with Crippen molar-refractivity contribution >= 4 is 11.6 Å². The second kappa shape index (κ2) is 7.10. The highest BCUT2D eigenvalue weighted by atomic mass is 16.3. The zero-order valence-electron chi connectivity index (χ0n) is 16.8. The van der Waals surface area contributed by atoms with E-state index < -0.39 is 11.5 Å². The maximum Gasteiger partial charge on any atom is 0.252 e. The smallest absolute Gasteiger partial charge is 0.252 e. The lowest BCUT2D eigenvalue weighted by Gasteiger charge is -2.58. The molecule has 1 aromatic heterocycles. The Balaban J connectivity index is 1.40. The van der Waals surface area contributed by atoms with Crippen LogP contribution in [0.4, 0.5) is 5.69 Å². The van der Waals surface area contributed by atoms with Crippen molar-refractivity contribution in [3.05, 3.63) is 58.9 Å². The summed E-state index contributed by atoms with van der Waals surface area (Å²) in [5, 5.41) is 23.4. The first-order valence-corrected chi connectivity index (χ1v) is 10.7. The van der Waals surface area contributed by atoms with Crippen molar-refractivity contribution in [2.75, 3.05) is 5.32 Å². The van der Waals surface area contributed by atoms with Gasteiger partial charge in [-0.2, -0.15) is 5.26 Å². The quantitative estimate of drug-likeness (QED) is 0.712. The number of hydrogen-bond donors (Lipinski definition) is 3. The Morgan fingerprint density at radius 2 is 1.93 bits per heavy atom. The first kappa shape index (κ1) is 19.1. The van der Waals surface area contributed by atoms with Gasteiger partial charge in [0.15, 0.2) is 0 Å². The van der Waals surface area contributed by atoms with Crippen LogP contribution in [-0.4, -0.2) is 27.6 Å². The molecule has 0 radical (unpaired) electrons. The van der Waals surface area contributed by atoms with Gasteiger partial charge >= 0.3 is 0 Å². The van der Waals surface area contributed by atoms with Gasteiger partial charge in [-0.25, -0.2) is 0 Å². The number of hydrogen-bond acceptors (Lipinski definition) is 5. The summed E-state index contributed by atoms with van der Waals surface area (Å²) >= 11 is 0. The van der Waals surface area contributed by atoms with Crippen molar-refractivity contribution in [2.24, 2.45) is 23.5 Å². The molecule has 0 saturated heterocycles. The predicted molar refractivity (Wildman–Crippen MR) is 113 cm³/mol. The van der Waals surface area contributed by atoms with E-state index in [1.807, 2.05) is 18.2 Å². The lowest BCUT2D eigenvalue weighted by Crippen LogP contribution is -2.59. The molecule has 4 N–H and O–H groups in total. The minimum atomic E-state index is -0.489. The first-order valence-electron chi connectivity index (χ1n) is 10.7. The number of amides is 1. The van der Waals surface area contributed by atoms with Crippen LogP contribution in [0.1, 0.15) is 59.3 Å². The van der Waals surface area contributed by atoms with E-state index in [9.17, 15) is 9.90 Å². The number of pyridine rings is 1. The Labute approximate surface area is 176 Å². The van der Waals surface area contributed by atoms with Crippen LogP contribution in [0, 0.1) is 29.1 Å². The number of carbonyl (C=O) groups is 1. The van der Waals surface area contributed by atoms with Gasteiger partial charge < -0.3 is 16.2 Å². The molecule has 1 amide bonds. The molecule has 5 atom stereocenters. The molecule has 6 heteroatoms. The predicted octanol–water partition coefficient (Wildman–Crippen LogP) is 2.99. The summed E-state index contributed by atoms with van der Waals surface area (Å²) in [7, 11) is 0. The molecule has 154 valence electrons. The highest BCUT2D eigenvalue weighted by Gasteiger charge is 2.54. The van der Waals surface area contributed by atoms with Crippen molar-refractivity contribution in [3.63, 3.8) is 0 Å². The van der Waals surface area contributed by atoms with Gasteiger partial charge in [0.1, 0.15) is 0 Å². The molecule has 30 heavy (non-hydrogen) atoms. The molecule has 4 fully saturated rings. The molecule has 4 aliphatic rings. The van der Waals surface area contributed by atoms with Crippen LogP contribution in [0.2, 0.25) is 0 Å². The Kier molecular flexibility index (Phi) is 4.52. The second-order valence-electron chi connectivity index (χ2n) is 9.44. The fourth-order valence-electron chi connectivity index (χ4n) is 6.21. The summed E-state index contributed by atoms with van der Waals surface area (Å²) < 4.78 is 0. The summed E-state index contributed by atoms with van der Waals surface area (Å²) in [5.74, 6) is 0.997. The number of rotatable bonds is 5. The third-order valence-corrected chi connectivity index (χ3v) is 7.26. The van der Waals surface area contributed by atoms with E-state index in [1.54, 1.807) is 18.3 Å². The van der Waals surface area contributed by atoms with E-state index in [0.29, 0.717) is 35.3 Å². The van der Waals surface area contributed by atoms with E-state index in [1.165, 1.54) is 0 Å². The molecule has 4 saturated carbocycles. The van der Waals surface area contributed by atoms with Crippen LogP contribution in [0.3, 0.4) is 0 Å². The Hall–Kier alpha value is -2.91. The summed E-state index contributed by atoms with van der Waals surface area (Å²) in [6.07, 6.45) is 7.09. The van der Waals surface area contributed by atoms with Crippen LogP contribution in [0.15, 0.2) is 36.5 Å². The number of nitrogens with two attached hydrogens (primary N) is 1. The molecular weight excluding hydrogens is 376 g/mol. The highest BCUT2D eigenvalue weighted by Crippen LogP contribution is 2.56. The fraction of sp³-hybridized carbons (Fsp3) is 0.458. The molecule has 0 spiro atoms. The fourth-order valence-corrected chi connectivity index (χ4v) is 6.21. The SMILES string of the molecule is N#Cc1ccc(Cc2cc(NC3[C@@H]4CC5C[C@H]3CC(O)(C5)C4)c(C(N)=O)cn2)cc1. The van der Waals surface area contributed by atoms with E-state index in [4.69, 9.17) is 11.0 Å². The molecule has 0 aliphatic heterocycles. The number of aromatic nitrogens is 1. The van der Waals surface area contributed by atoms with Crippen molar-refractivity contribution in [3.8, 4) is 6.07 Å². The third kappa shape index (κ3) is 3.44. The van der Waals surface area contributed by atoms with E-state index in [-0.39, 0.29) is 6.04 Å². The van der Waals surface area contributed by atoms with Gasteiger partial charge in [0.05, 0.1) is 28.5 Å². The number of aliphatic hydroxyl groups is 1. The monoisotopic (exact) mass is 402 g/mol. The number of nitriles is 1. The van der Waals surface area contributed by atoms with Gasteiger partial charge in [-0.15, -0.1) is 0 Å². The van der Waals surface area contributed by atoms with Crippen LogP contribution < -0.4 is 11.1 Å². The van der Waals surface area contributed by atoms with Crippen LogP contribution >= 0.6 is 0 Å². The largest absolute Gasteiger partial charge is 0.390 e. The standard InChI is InChI=1S/C24H26N4O2/c25-12-15-3-1-14(2-4-15)7-19-8-21(20(13-27-19)23(26)29)28-22-17-5-16-6-18(22)11-24(30,9-16)10-17/h1-4,8,13,16-18,22,30H,5-7,9-11H2,(H2,26,29)(H,27,28)/t16?,17-,18+,22?,24?. The highest BCUT2D eigenvalue weighted by molar-refractivity contribution is 5.98. The van der Waals surface area contributed by atoms with Crippen LogP contribution in [-0.2, 0) is 6.42 Å². The summed E-state index contributed by atoms with van der Waals surface area (Å²) in [6, 6.07) is 11.8. The van der Waals surface area contributed by atoms with Crippen molar-refractivity contribution in [1.82, 2.24) is 4.98 Å². The molecular formula is C24H26N4O2. The minimum absolute atomic E-state index is 0.255. The van der Waals surface area contributed by atoms with E-state index in [2.05, 4.69) is 16.4 Å². The lowest BCUT2D eigenvalue weighted by molar-refractivity contribution is -0.129. The lowest BCUT2D eigenvalue weighted by atomic mass is 9.52. The number of nitrogens with zero attached hydrogens (tertiary/aromatic N) is 2. The zero-order chi connectivity index (χ0) is 20.9. The zero-order valence-corrected chi connectivity index (χ0v) is 16.8. The van der Waals surface area contributed by atoms with E-state index in [0.717, 1.165) is 49.0 Å². The van der Waals surface area contributed by atoms with Gasteiger partial charge in [-0.1, -0.05) is 12.1 Å². The molecule has 1 aromatic carbocycles. The van der Waals surface area contributed by atoms with E-state index >= 15 is 0 Å². The maximum atomic E-state index is 12.0. The Morgan fingerprint density at radius 3 is 2.53 bits per heavy atom. The average molecular weight is 402 g/mol. The Morgan fingerprint density at radius 1 is 1.23 bits per heavy atom. The van der Waals surface area contributed by atoms with Crippen molar-refractivity contribution < 1.29 is 9.90 Å².